The lowest BCUT2D eigenvalue weighted by Gasteiger charge is -2.21. The summed E-state index contributed by atoms with van der Waals surface area (Å²) in [5, 5.41) is 6.56. The maximum Gasteiger partial charge on any atom is 0.255 e. The van der Waals surface area contributed by atoms with Crippen LogP contribution in [0.5, 0.6) is 0 Å². The van der Waals surface area contributed by atoms with Gasteiger partial charge in [-0.25, -0.2) is 13.8 Å². The smallest absolute Gasteiger partial charge is 0.255 e. The van der Waals surface area contributed by atoms with Crippen LogP contribution < -0.4 is 5.43 Å². The van der Waals surface area contributed by atoms with Gasteiger partial charge in [-0.2, -0.15) is 9.41 Å². The van der Waals surface area contributed by atoms with Gasteiger partial charge < -0.3 is 0 Å². The van der Waals surface area contributed by atoms with Crippen LogP contribution in [0.2, 0.25) is 5.02 Å². The molecule has 8 heteroatoms. The molecular weight excluding hydrogens is 482 g/mol. The number of sulfonamides is 1. The molecule has 0 heterocycles. The number of carbonyl (C=O) groups is 1. The number of nitrogens with zero attached hydrogens (tertiary/aromatic N) is 2. The van der Waals surface area contributed by atoms with E-state index in [0.717, 1.165) is 26.2 Å². The summed E-state index contributed by atoms with van der Waals surface area (Å²) in [5.74, 6) is -0.535. The fourth-order valence-corrected chi connectivity index (χ4v) is 5.19. The van der Waals surface area contributed by atoms with E-state index in [4.69, 9.17) is 11.6 Å². The van der Waals surface area contributed by atoms with Gasteiger partial charge in [0.15, 0.2) is 0 Å². The van der Waals surface area contributed by atoms with Gasteiger partial charge in [-0.05, 0) is 47.0 Å². The largest absolute Gasteiger partial charge is 0.272 e. The van der Waals surface area contributed by atoms with Gasteiger partial charge in [0.25, 0.3) is 5.91 Å². The molecule has 0 spiro atoms. The van der Waals surface area contributed by atoms with Crippen molar-refractivity contribution in [2.75, 3.05) is 13.1 Å². The molecule has 6 nitrogen and oxygen atoms in total. The topological polar surface area (TPSA) is 78.8 Å². The molecular formula is C27H24ClN3O3S. The van der Waals surface area contributed by atoms with Crippen LogP contribution in [-0.4, -0.2) is 37.9 Å². The van der Waals surface area contributed by atoms with Crippen LogP contribution in [0.15, 0.2) is 107 Å². The van der Waals surface area contributed by atoms with Crippen molar-refractivity contribution in [1.82, 2.24) is 9.73 Å². The van der Waals surface area contributed by atoms with Gasteiger partial charge in [-0.1, -0.05) is 84.4 Å². The predicted molar refractivity (Wildman–Crippen MR) is 140 cm³/mol. The maximum atomic E-state index is 13.3. The van der Waals surface area contributed by atoms with Crippen molar-refractivity contribution in [2.45, 2.75) is 11.3 Å². The Balaban J connectivity index is 1.49. The van der Waals surface area contributed by atoms with Crippen LogP contribution >= 0.6 is 11.6 Å². The third-order valence-electron chi connectivity index (χ3n) is 5.48. The SMILES string of the molecule is O=C(CN(CCc1ccccc1)S(=O)(=O)c1ccc(Cl)cc1)N/N=C/c1cccc2ccccc12. The molecule has 0 bridgehead atoms. The molecule has 0 saturated heterocycles. The normalized spacial score (nSPS) is 11.8. The van der Waals surface area contributed by atoms with E-state index in [9.17, 15) is 13.2 Å². The van der Waals surface area contributed by atoms with E-state index in [1.54, 1.807) is 6.21 Å². The van der Waals surface area contributed by atoms with E-state index in [-0.39, 0.29) is 18.0 Å². The number of hydrogen-bond donors (Lipinski definition) is 1. The highest BCUT2D eigenvalue weighted by Gasteiger charge is 2.26. The minimum Gasteiger partial charge on any atom is -0.272 e. The average molecular weight is 506 g/mol. The molecule has 0 aromatic heterocycles. The van der Waals surface area contributed by atoms with Crippen molar-refractivity contribution < 1.29 is 13.2 Å². The Morgan fingerprint density at radius 2 is 1.57 bits per heavy atom. The summed E-state index contributed by atoms with van der Waals surface area (Å²) < 4.78 is 27.8. The number of nitrogens with one attached hydrogen (secondary N) is 1. The summed E-state index contributed by atoms with van der Waals surface area (Å²) in [6.45, 7) is -0.236. The highest BCUT2D eigenvalue weighted by molar-refractivity contribution is 7.89. The van der Waals surface area contributed by atoms with Crippen molar-refractivity contribution in [2.24, 2.45) is 5.10 Å². The van der Waals surface area contributed by atoms with Gasteiger partial charge in [0.2, 0.25) is 10.0 Å². The summed E-state index contributed by atoms with van der Waals surface area (Å²) >= 11 is 5.92. The van der Waals surface area contributed by atoms with Crippen molar-refractivity contribution in [3.05, 3.63) is 113 Å². The zero-order chi connectivity index (χ0) is 24.7. The summed E-state index contributed by atoms with van der Waals surface area (Å²) in [6.07, 6.45) is 2.02. The van der Waals surface area contributed by atoms with E-state index in [2.05, 4.69) is 10.5 Å². The number of hydrazone groups is 1. The molecule has 4 aromatic carbocycles. The minimum absolute atomic E-state index is 0.0713. The highest BCUT2D eigenvalue weighted by atomic mass is 35.5. The first kappa shape index (κ1) is 24.6. The van der Waals surface area contributed by atoms with Crippen LogP contribution in [0.25, 0.3) is 10.8 Å². The molecule has 0 fully saturated rings. The van der Waals surface area contributed by atoms with E-state index < -0.39 is 15.9 Å². The van der Waals surface area contributed by atoms with Crippen LogP contribution in [0.3, 0.4) is 0 Å². The Hall–Kier alpha value is -3.52. The lowest BCUT2D eigenvalue weighted by atomic mass is 10.1. The number of carbonyl (C=O) groups excluding carboxylic acids is 1. The first-order valence-electron chi connectivity index (χ1n) is 11.0. The zero-order valence-corrected chi connectivity index (χ0v) is 20.4. The van der Waals surface area contributed by atoms with Gasteiger partial charge in [0, 0.05) is 17.1 Å². The molecule has 1 amide bonds. The molecule has 35 heavy (non-hydrogen) atoms. The van der Waals surface area contributed by atoms with Crippen molar-refractivity contribution in [1.29, 1.82) is 0 Å². The number of amides is 1. The number of hydrogen-bond acceptors (Lipinski definition) is 4. The summed E-state index contributed by atoms with van der Waals surface area (Å²) in [6, 6.07) is 29.1. The molecule has 4 rings (SSSR count). The van der Waals surface area contributed by atoms with Crippen LogP contribution in [0.4, 0.5) is 0 Å². The lowest BCUT2D eigenvalue weighted by molar-refractivity contribution is -0.121. The van der Waals surface area contributed by atoms with E-state index >= 15 is 0 Å². The first-order chi connectivity index (χ1) is 16.9. The minimum atomic E-state index is -3.93. The Morgan fingerprint density at radius 1 is 0.886 bits per heavy atom. The predicted octanol–water partition coefficient (Wildman–Crippen LogP) is 4.88. The van der Waals surface area contributed by atoms with Crippen LogP contribution in [0, 0.1) is 0 Å². The van der Waals surface area contributed by atoms with Gasteiger partial charge in [-0.3, -0.25) is 4.79 Å². The fraction of sp³-hybridized carbons (Fsp3) is 0.111. The second-order valence-corrected chi connectivity index (χ2v) is 10.3. The third kappa shape index (κ3) is 6.33. The molecule has 0 radical (unpaired) electrons. The Morgan fingerprint density at radius 3 is 2.34 bits per heavy atom. The summed E-state index contributed by atoms with van der Waals surface area (Å²) in [4.78, 5) is 12.8. The lowest BCUT2D eigenvalue weighted by Crippen LogP contribution is -2.40. The van der Waals surface area contributed by atoms with Crippen LogP contribution in [-0.2, 0) is 21.2 Å². The number of benzene rings is 4. The summed E-state index contributed by atoms with van der Waals surface area (Å²) in [5.41, 5.74) is 4.28. The zero-order valence-electron chi connectivity index (χ0n) is 18.8. The molecule has 0 unspecified atom stereocenters. The Bertz CT molecular complexity index is 1430. The maximum absolute atomic E-state index is 13.3. The number of rotatable bonds is 9. The molecule has 4 aromatic rings. The molecule has 0 aliphatic heterocycles. The van der Waals surface area contributed by atoms with Crippen molar-refractivity contribution in [3.8, 4) is 0 Å². The fourth-order valence-electron chi connectivity index (χ4n) is 3.67. The highest BCUT2D eigenvalue weighted by Crippen LogP contribution is 2.19. The monoisotopic (exact) mass is 505 g/mol. The number of halogens is 1. The molecule has 0 aliphatic rings. The standard InChI is InChI=1S/C27H24ClN3O3S/c28-24-13-15-25(16-14-24)35(33,34)31(18-17-21-7-2-1-3-8-21)20-27(32)30-29-19-23-11-6-10-22-9-4-5-12-26(22)23/h1-16,19H,17-18,20H2,(H,30,32)/b29-19+. The second kappa shape index (κ2) is 11.3. The first-order valence-corrected chi connectivity index (χ1v) is 12.8. The van der Waals surface area contributed by atoms with E-state index in [1.165, 1.54) is 24.3 Å². The molecule has 0 atom stereocenters. The molecule has 1 N–H and O–H groups in total. The van der Waals surface area contributed by atoms with E-state index in [1.807, 2.05) is 72.8 Å². The molecule has 178 valence electrons. The molecule has 0 saturated carbocycles. The van der Waals surface area contributed by atoms with Gasteiger partial charge in [-0.15, -0.1) is 0 Å². The summed E-state index contributed by atoms with van der Waals surface area (Å²) in [7, 11) is -3.93. The Kier molecular flexibility index (Phi) is 7.92. The van der Waals surface area contributed by atoms with E-state index in [0.29, 0.717) is 11.4 Å². The third-order valence-corrected chi connectivity index (χ3v) is 7.59. The van der Waals surface area contributed by atoms with Crippen LogP contribution in [0.1, 0.15) is 11.1 Å². The van der Waals surface area contributed by atoms with Crippen molar-refractivity contribution >= 4 is 44.5 Å². The van der Waals surface area contributed by atoms with Crippen molar-refractivity contribution in [3.63, 3.8) is 0 Å². The number of fused-ring (bicyclic) bond motifs is 1. The van der Waals surface area contributed by atoms with Gasteiger partial charge in [0.1, 0.15) is 0 Å². The van der Waals surface area contributed by atoms with Gasteiger partial charge in [0.05, 0.1) is 17.7 Å². The quantitative estimate of drug-likeness (QED) is 0.260. The second-order valence-electron chi connectivity index (χ2n) is 7.89. The Labute approximate surface area is 209 Å². The molecule has 0 aliphatic carbocycles. The van der Waals surface area contributed by atoms with Gasteiger partial charge >= 0.3 is 0 Å². The average Bonchev–Trinajstić information content (AvgIpc) is 2.87.